The average Bonchev–Trinajstić information content (AvgIpc) is 3.42. The van der Waals surface area contributed by atoms with E-state index >= 15 is 0 Å². The third-order valence-electron chi connectivity index (χ3n) is 6.14. The van der Waals surface area contributed by atoms with E-state index in [1.807, 2.05) is 24.3 Å². The van der Waals surface area contributed by atoms with Crippen molar-refractivity contribution in [2.75, 3.05) is 20.2 Å². The second kappa shape index (κ2) is 8.41. The van der Waals surface area contributed by atoms with Crippen LogP contribution in [0.2, 0.25) is 0 Å². The summed E-state index contributed by atoms with van der Waals surface area (Å²) in [5, 5.41) is 11.6. The molecule has 2 N–H and O–H groups in total. The van der Waals surface area contributed by atoms with Crippen LogP contribution in [0, 0.1) is 0 Å². The third kappa shape index (κ3) is 4.55. The molecule has 2 aromatic rings. The van der Waals surface area contributed by atoms with Crippen LogP contribution in [0.1, 0.15) is 42.7 Å². The summed E-state index contributed by atoms with van der Waals surface area (Å²) in [6.45, 7) is 0.373. The molecule has 4 rings (SSSR count). The standard InChI is InChI=1S/C24H26N2O5/c1-26(13-10-22(28)29)21(27)14-24(11-12-24)25-23(30)31-15-20-18-8-4-2-6-16(18)17-7-3-5-9-19(17)20/h2-9,20H,10-15H2,1H3,(H,25,30)(H,28,29). The summed E-state index contributed by atoms with van der Waals surface area (Å²) < 4.78 is 5.58. The van der Waals surface area contributed by atoms with Crippen LogP contribution in [0.5, 0.6) is 0 Å². The topological polar surface area (TPSA) is 95.9 Å². The fraction of sp³-hybridized carbons (Fsp3) is 0.375. The summed E-state index contributed by atoms with van der Waals surface area (Å²) in [6.07, 6.45) is 0.925. The Bertz CT molecular complexity index is 969. The number of nitrogens with zero attached hydrogens (tertiary/aromatic N) is 1. The minimum absolute atomic E-state index is 0.0166. The third-order valence-corrected chi connectivity index (χ3v) is 6.14. The van der Waals surface area contributed by atoms with Crippen molar-refractivity contribution < 1.29 is 24.2 Å². The van der Waals surface area contributed by atoms with Gasteiger partial charge in [-0.05, 0) is 35.1 Å². The lowest BCUT2D eigenvalue weighted by molar-refractivity contribution is -0.138. The number of fused-ring (bicyclic) bond motifs is 3. The molecule has 7 nitrogen and oxygen atoms in total. The van der Waals surface area contributed by atoms with Crippen molar-refractivity contribution >= 4 is 18.0 Å². The highest BCUT2D eigenvalue weighted by Gasteiger charge is 2.46. The van der Waals surface area contributed by atoms with Crippen molar-refractivity contribution in [3.05, 3.63) is 59.7 Å². The highest BCUT2D eigenvalue weighted by molar-refractivity contribution is 5.81. The number of carbonyl (C=O) groups excluding carboxylic acids is 2. The number of alkyl carbamates (subject to hydrolysis) is 1. The first-order valence-corrected chi connectivity index (χ1v) is 10.5. The van der Waals surface area contributed by atoms with Gasteiger partial charge in [0.05, 0.1) is 18.4 Å². The van der Waals surface area contributed by atoms with Crippen LogP contribution >= 0.6 is 0 Å². The lowest BCUT2D eigenvalue weighted by Gasteiger charge is -2.22. The Hall–Kier alpha value is -3.35. The number of benzene rings is 2. The molecule has 0 heterocycles. The van der Waals surface area contributed by atoms with Crippen molar-refractivity contribution in [3.63, 3.8) is 0 Å². The zero-order valence-electron chi connectivity index (χ0n) is 17.5. The molecule has 0 aromatic heterocycles. The Morgan fingerprint density at radius 2 is 1.65 bits per heavy atom. The molecule has 0 atom stereocenters. The number of nitrogens with one attached hydrogen (secondary N) is 1. The summed E-state index contributed by atoms with van der Waals surface area (Å²) >= 11 is 0. The van der Waals surface area contributed by atoms with Gasteiger partial charge in [-0.25, -0.2) is 4.79 Å². The highest BCUT2D eigenvalue weighted by atomic mass is 16.5. The Kier molecular flexibility index (Phi) is 5.67. The molecule has 1 saturated carbocycles. The number of carboxylic acid groups (broad SMARTS) is 1. The molecule has 0 unspecified atom stereocenters. The molecule has 2 aromatic carbocycles. The molecule has 31 heavy (non-hydrogen) atoms. The van der Waals surface area contributed by atoms with E-state index in [1.165, 1.54) is 16.0 Å². The minimum atomic E-state index is -0.947. The zero-order chi connectivity index (χ0) is 22.0. The predicted molar refractivity (Wildman–Crippen MR) is 115 cm³/mol. The maximum Gasteiger partial charge on any atom is 0.407 e. The van der Waals surface area contributed by atoms with Gasteiger partial charge in [-0.2, -0.15) is 0 Å². The molecular formula is C24H26N2O5. The van der Waals surface area contributed by atoms with Gasteiger partial charge in [0.1, 0.15) is 6.61 Å². The van der Waals surface area contributed by atoms with Crippen LogP contribution in [0.15, 0.2) is 48.5 Å². The van der Waals surface area contributed by atoms with Gasteiger partial charge in [-0.1, -0.05) is 48.5 Å². The number of amides is 2. The molecule has 1 fully saturated rings. The van der Waals surface area contributed by atoms with E-state index in [2.05, 4.69) is 29.6 Å². The van der Waals surface area contributed by atoms with Crippen molar-refractivity contribution in [1.82, 2.24) is 10.2 Å². The number of carbonyl (C=O) groups is 3. The largest absolute Gasteiger partial charge is 0.481 e. The summed E-state index contributed by atoms with van der Waals surface area (Å²) in [5.41, 5.74) is 4.04. The van der Waals surface area contributed by atoms with Crippen molar-refractivity contribution in [2.24, 2.45) is 0 Å². The van der Waals surface area contributed by atoms with Gasteiger partial charge in [0.25, 0.3) is 0 Å². The van der Waals surface area contributed by atoms with E-state index < -0.39 is 17.6 Å². The van der Waals surface area contributed by atoms with Gasteiger partial charge in [-0.15, -0.1) is 0 Å². The number of ether oxygens (including phenoxy) is 1. The minimum Gasteiger partial charge on any atom is -0.481 e. The quantitative estimate of drug-likeness (QED) is 0.680. The monoisotopic (exact) mass is 422 g/mol. The van der Waals surface area contributed by atoms with Gasteiger partial charge in [0, 0.05) is 19.5 Å². The van der Waals surface area contributed by atoms with Crippen molar-refractivity contribution in [1.29, 1.82) is 0 Å². The number of aliphatic carboxylic acids is 1. The second-order valence-corrected chi connectivity index (χ2v) is 8.37. The molecule has 0 radical (unpaired) electrons. The molecule has 0 spiro atoms. The van der Waals surface area contributed by atoms with Gasteiger partial charge >= 0.3 is 12.1 Å². The summed E-state index contributed by atoms with van der Waals surface area (Å²) in [6, 6.07) is 16.3. The van der Waals surface area contributed by atoms with Crippen LogP contribution in [0.25, 0.3) is 11.1 Å². The van der Waals surface area contributed by atoms with E-state index in [1.54, 1.807) is 7.05 Å². The Labute approximate surface area is 181 Å². The van der Waals surface area contributed by atoms with Gasteiger partial charge in [0.15, 0.2) is 0 Å². The van der Waals surface area contributed by atoms with E-state index in [-0.39, 0.29) is 37.8 Å². The summed E-state index contributed by atoms with van der Waals surface area (Å²) in [7, 11) is 1.58. The number of rotatable bonds is 8. The van der Waals surface area contributed by atoms with Crippen LogP contribution in [-0.4, -0.2) is 53.7 Å². The van der Waals surface area contributed by atoms with Crippen LogP contribution < -0.4 is 5.32 Å². The Morgan fingerprint density at radius 3 is 2.19 bits per heavy atom. The predicted octanol–water partition coefficient (Wildman–Crippen LogP) is 3.38. The molecule has 0 aliphatic heterocycles. The highest BCUT2D eigenvalue weighted by Crippen LogP contribution is 2.44. The Morgan fingerprint density at radius 1 is 1.06 bits per heavy atom. The molecule has 0 saturated heterocycles. The van der Waals surface area contributed by atoms with E-state index in [4.69, 9.17) is 9.84 Å². The molecule has 2 aliphatic carbocycles. The fourth-order valence-electron chi connectivity index (χ4n) is 4.16. The maximum atomic E-state index is 12.5. The normalized spacial score (nSPS) is 15.5. The lowest BCUT2D eigenvalue weighted by Crippen LogP contribution is -2.42. The average molecular weight is 422 g/mol. The SMILES string of the molecule is CN(CCC(=O)O)C(=O)CC1(NC(=O)OCC2c3ccccc3-c3ccccc32)CC1. The summed E-state index contributed by atoms with van der Waals surface area (Å²) in [5.74, 6) is -1.15. The molecule has 2 amide bonds. The molecule has 0 bridgehead atoms. The number of hydrogen-bond donors (Lipinski definition) is 2. The van der Waals surface area contributed by atoms with E-state index in [0.29, 0.717) is 12.8 Å². The van der Waals surface area contributed by atoms with Crippen LogP contribution in [0.4, 0.5) is 4.79 Å². The van der Waals surface area contributed by atoms with Gasteiger partial charge < -0.3 is 20.1 Å². The van der Waals surface area contributed by atoms with E-state index in [9.17, 15) is 14.4 Å². The Balaban J connectivity index is 1.34. The second-order valence-electron chi connectivity index (χ2n) is 8.37. The molecule has 162 valence electrons. The van der Waals surface area contributed by atoms with Crippen LogP contribution in [-0.2, 0) is 14.3 Å². The molecular weight excluding hydrogens is 396 g/mol. The number of carboxylic acids is 1. The first-order chi connectivity index (χ1) is 14.9. The maximum absolute atomic E-state index is 12.5. The van der Waals surface area contributed by atoms with Gasteiger partial charge in [-0.3, -0.25) is 9.59 Å². The zero-order valence-corrected chi connectivity index (χ0v) is 17.5. The van der Waals surface area contributed by atoms with Crippen molar-refractivity contribution in [3.8, 4) is 11.1 Å². The molecule has 7 heteroatoms. The first kappa shape index (κ1) is 20.9. The first-order valence-electron chi connectivity index (χ1n) is 10.5. The lowest BCUT2D eigenvalue weighted by atomic mass is 9.98. The molecule has 2 aliphatic rings. The fourth-order valence-corrected chi connectivity index (χ4v) is 4.16. The van der Waals surface area contributed by atoms with Crippen molar-refractivity contribution in [2.45, 2.75) is 37.1 Å². The van der Waals surface area contributed by atoms with Crippen LogP contribution in [0.3, 0.4) is 0 Å². The number of hydrogen-bond acceptors (Lipinski definition) is 4. The smallest absolute Gasteiger partial charge is 0.407 e. The van der Waals surface area contributed by atoms with Gasteiger partial charge in [0.2, 0.25) is 5.91 Å². The van der Waals surface area contributed by atoms with E-state index in [0.717, 1.165) is 11.1 Å². The summed E-state index contributed by atoms with van der Waals surface area (Å²) in [4.78, 5) is 37.0.